The smallest absolute Gasteiger partial charge is 0.251 e. The van der Waals surface area contributed by atoms with Gasteiger partial charge in [-0.1, -0.05) is 12.1 Å². The van der Waals surface area contributed by atoms with Gasteiger partial charge >= 0.3 is 0 Å². The van der Waals surface area contributed by atoms with Crippen LogP contribution in [0.25, 0.3) is 0 Å². The first-order chi connectivity index (χ1) is 12.6. The molecule has 1 aliphatic rings. The molecule has 0 bridgehead atoms. The molecule has 6 heteroatoms. The summed E-state index contributed by atoms with van der Waals surface area (Å²) in [6.45, 7) is 0.642. The van der Waals surface area contributed by atoms with Gasteiger partial charge in [0.1, 0.15) is 5.82 Å². The first-order valence-corrected chi connectivity index (χ1v) is 8.76. The number of halogens is 1. The van der Waals surface area contributed by atoms with E-state index in [1.165, 1.54) is 12.1 Å². The van der Waals surface area contributed by atoms with E-state index in [-0.39, 0.29) is 24.2 Å². The van der Waals surface area contributed by atoms with Crippen LogP contribution in [0.3, 0.4) is 0 Å². The number of carbonyl (C=O) groups is 2. The van der Waals surface area contributed by atoms with E-state index in [4.69, 9.17) is 0 Å². The average molecular weight is 355 g/mol. The fraction of sp³-hybridized carbons (Fsp3) is 0.300. The third-order valence-corrected chi connectivity index (χ3v) is 4.16. The summed E-state index contributed by atoms with van der Waals surface area (Å²) < 4.78 is 12.8. The van der Waals surface area contributed by atoms with E-state index >= 15 is 0 Å². The van der Waals surface area contributed by atoms with Gasteiger partial charge in [-0.25, -0.2) is 4.39 Å². The Hall–Kier alpha value is -2.89. The van der Waals surface area contributed by atoms with Crippen molar-refractivity contribution in [1.82, 2.24) is 10.6 Å². The largest absolute Gasteiger partial charge is 0.376 e. The Labute approximate surface area is 152 Å². The molecule has 3 rings (SSSR count). The molecule has 2 amide bonds. The summed E-state index contributed by atoms with van der Waals surface area (Å²) in [7, 11) is 0. The molecule has 0 saturated heterocycles. The van der Waals surface area contributed by atoms with E-state index in [2.05, 4.69) is 16.0 Å². The highest BCUT2D eigenvalue weighted by Gasteiger charge is 2.23. The summed E-state index contributed by atoms with van der Waals surface area (Å²) in [6.07, 6.45) is 2.76. The van der Waals surface area contributed by atoms with E-state index in [0.29, 0.717) is 24.6 Å². The van der Waals surface area contributed by atoms with Gasteiger partial charge in [-0.15, -0.1) is 0 Å². The number of amides is 2. The topological polar surface area (TPSA) is 70.2 Å². The summed E-state index contributed by atoms with van der Waals surface area (Å²) in [6, 6.07) is 13.6. The molecule has 1 aliphatic carbocycles. The molecule has 0 radical (unpaired) electrons. The Bertz CT molecular complexity index is 756. The van der Waals surface area contributed by atoms with Crippen LogP contribution in [0.4, 0.5) is 10.1 Å². The number of hydrogen-bond donors (Lipinski definition) is 3. The molecule has 0 atom stereocenters. The van der Waals surface area contributed by atoms with Gasteiger partial charge in [0.05, 0.1) is 6.54 Å². The van der Waals surface area contributed by atoms with Crippen LogP contribution in [0.5, 0.6) is 0 Å². The van der Waals surface area contributed by atoms with Gasteiger partial charge in [-0.2, -0.15) is 0 Å². The van der Waals surface area contributed by atoms with Crippen molar-refractivity contribution >= 4 is 17.5 Å². The average Bonchev–Trinajstić information content (AvgIpc) is 3.46. The zero-order valence-corrected chi connectivity index (χ0v) is 14.4. The molecule has 26 heavy (non-hydrogen) atoms. The summed E-state index contributed by atoms with van der Waals surface area (Å²) >= 11 is 0. The third kappa shape index (κ3) is 5.58. The number of rotatable bonds is 8. The van der Waals surface area contributed by atoms with Crippen LogP contribution >= 0.6 is 0 Å². The van der Waals surface area contributed by atoms with E-state index in [1.807, 2.05) is 0 Å². The highest BCUT2D eigenvalue weighted by Crippen LogP contribution is 2.19. The summed E-state index contributed by atoms with van der Waals surface area (Å²) in [5.41, 5.74) is 2.37. The molecule has 3 N–H and O–H groups in total. The molecule has 0 spiro atoms. The summed E-state index contributed by atoms with van der Waals surface area (Å²) in [5, 5.41) is 8.78. The van der Waals surface area contributed by atoms with E-state index in [0.717, 1.165) is 24.1 Å². The van der Waals surface area contributed by atoms with Crippen LogP contribution in [-0.4, -0.2) is 30.9 Å². The van der Waals surface area contributed by atoms with Gasteiger partial charge in [0.15, 0.2) is 0 Å². The monoisotopic (exact) mass is 355 g/mol. The number of hydrogen-bond acceptors (Lipinski definition) is 3. The van der Waals surface area contributed by atoms with E-state index in [9.17, 15) is 14.0 Å². The predicted octanol–water partition coefficient (Wildman–Crippen LogP) is 2.49. The molecule has 2 aromatic carbocycles. The molecule has 2 aromatic rings. The molecule has 0 unspecified atom stereocenters. The molecular formula is C20H22FN3O2. The van der Waals surface area contributed by atoms with Crippen molar-refractivity contribution in [2.24, 2.45) is 0 Å². The minimum absolute atomic E-state index is 0.0578. The second-order valence-corrected chi connectivity index (χ2v) is 6.41. The molecule has 0 aliphatic heterocycles. The fourth-order valence-corrected chi connectivity index (χ4v) is 2.48. The van der Waals surface area contributed by atoms with Gasteiger partial charge in [-0.3, -0.25) is 9.59 Å². The lowest BCUT2D eigenvalue weighted by molar-refractivity contribution is -0.119. The van der Waals surface area contributed by atoms with Crippen molar-refractivity contribution in [3.05, 3.63) is 65.5 Å². The Kier molecular flexibility index (Phi) is 5.84. The van der Waals surface area contributed by atoms with Crippen molar-refractivity contribution < 1.29 is 14.0 Å². The van der Waals surface area contributed by atoms with Crippen LogP contribution < -0.4 is 16.0 Å². The Morgan fingerprint density at radius 1 is 1.00 bits per heavy atom. The quantitative estimate of drug-likeness (QED) is 0.681. The number of nitrogens with one attached hydrogen (secondary N) is 3. The van der Waals surface area contributed by atoms with E-state index < -0.39 is 0 Å². The molecule has 1 saturated carbocycles. The highest BCUT2D eigenvalue weighted by molar-refractivity contribution is 5.95. The predicted molar refractivity (Wildman–Crippen MR) is 98.5 cm³/mol. The first-order valence-electron chi connectivity index (χ1n) is 8.76. The summed E-state index contributed by atoms with van der Waals surface area (Å²) in [4.78, 5) is 23.8. The second-order valence-electron chi connectivity index (χ2n) is 6.41. The normalized spacial score (nSPS) is 13.1. The van der Waals surface area contributed by atoms with Crippen molar-refractivity contribution in [1.29, 1.82) is 0 Å². The standard InChI is InChI=1S/C20H22FN3O2/c21-16-5-1-14(2-6-16)11-12-22-19(25)13-23-17-7-3-15(4-8-17)20(26)24-18-9-10-18/h1-8,18,23H,9-13H2,(H,22,25)(H,24,26). The van der Waals surface area contributed by atoms with Gasteiger partial charge in [-0.05, 0) is 61.2 Å². The Morgan fingerprint density at radius 3 is 2.35 bits per heavy atom. The van der Waals surface area contributed by atoms with E-state index in [1.54, 1.807) is 36.4 Å². The zero-order valence-electron chi connectivity index (χ0n) is 14.4. The molecule has 0 aromatic heterocycles. The number of carbonyl (C=O) groups excluding carboxylic acids is 2. The van der Waals surface area contributed by atoms with Crippen LogP contribution in [0.2, 0.25) is 0 Å². The minimum Gasteiger partial charge on any atom is -0.376 e. The Morgan fingerprint density at radius 2 is 1.69 bits per heavy atom. The molecule has 0 heterocycles. The maximum Gasteiger partial charge on any atom is 0.251 e. The van der Waals surface area contributed by atoms with Crippen molar-refractivity contribution in [3.8, 4) is 0 Å². The summed E-state index contributed by atoms with van der Waals surface area (Å²) in [5.74, 6) is -0.446. The lowest BCUT2D eigenvalue weighted by Crippen LogP contribution is -2.31. The zero-order chi connectivity index (χ0) is 18.4. The molecule has 136 valence electrons. The van der Waals surface area contributed by atoms with Gasteiger partial charge < -0.3 is 16.0 Å². The van der Waals surface area contributed by atoms with Crippen LogP contribution in [0, 0.1) is 5.82 Å². The minimum atomic E-state index is -0.266. The van der Waals surface area contributed by atoms with Crippen molar-refractivity contribution in [2.75, 3.05) is 18.4 Å². The molecule has 1 fully saturated rings. The third-order valence-electron chi connectivity index (χ3n) is 4.16. The highest BCUT2D eigenvalue weighted by atomic mass is 19.1. The molecule has 5 nitrogen and oxygen atoms in total. The molecular weight excluding hydrogens is 333 g/mol. The lowest BCUT2D eigenvalue weighted by Gasteiger charge is -2.09. The maximum absolute atomic E-state index is 12.8. The SMILES string of the molecule is O=C(CNc1ccc(C(=O)NC2CC2)cc1)NCCc1ccc(F)cc1. The van der Waals surface area contributed by atoms with Crippen LogP contribution in [-0.2, 0) is 11.2 Å². The van der Waals surface area contributed by atoms with Crippen LogP contribution in [0.15, 0.2) is 48.5 Å². The Balaban J connectivity index is 1.36. The first kappa shape index (κ1) is 17.9. The van der Waals surface area contributed by atoms with Gasteiger partial charge in [0.25, 0.3) is 5.91 Å². The number of benzene rings is 2. The maximum atomic E-state index is 12.8. The lowest BCUT2D eigenvalue weighted by atomic mass is 10.1. The van der Waals surface area contributed by atoms with Crippen molar-refractivity contribution in [3.63, 3.8) is 0 Å². The number of anilines is 1. The van der Waals surface area contributed by atoms with Gasteiger partial charge in [0.2, 0.25) is 5.91 Å². The van der Waals surface area contributed by atoms with Gasteiger partial charge in [0, 0.05) is 23.8 Å². The second kappa shape index (κ2) is 8.47. The fourth-order valence-electron chi connectivity index (χ4n) is 2.48. The van der Waals surface area contributed by atoms with Crippen LogP contribution in [0.1, 0.15) is 28.8 Å². The van der Waals surface area contributed by atoms with Crippen molar-refractivity contribution in [2.45, 2.75) is 25.3 Å².